The number of carbonyl (C=O) groups is 1. The molecule has 3 fully saturated rings. The van der Waals surface area contributed by atoms with Gasteiger partial charge < -0.3 is 19.7 Å². The van der Waals surface area contributed by atoms with Crippen molar-refractivity contribution in [3.05, 3.63) is 40.9 Å². The molecule has 0 radical (unpaired) electrons. The smallest absolute Gasteiger partial charge is 0.410 e. The molecular weight excluding hydrogens is 449 g/mol. The standard InChI is InChI=1S/C23H23ClFN5O3/c1-23(6-7-23)33-22(31)30-10-14-3-4-15(11-30)19(14)32-21-18(25)20(27-12-28-21)29-17-5-2-13(9-26)8-16(17)24/h2,5,8,12,14-15,19H,3-4,6-7,10-11H2,1H3,(H,27,28,29). The van der Waals surface area contributed by atoms with Crippen LogP contribution in [0, 0.1) is 29.0 Å². The maximum Gasteiger partial charge on any atom is 0.410 e. The van der Waals surface area contributed by atoms with Gasteiger partial charge in [-0.15, -0.1) is 0 Å². The summed E-state index contributed by atoms with van der Waals surface area (Å²) >= 11 is 6.18. The van der Waals surface area contributed by atoms with Crippen molar-refractivity contribution in [2.75, 3.05) is 18.4 Å². The molecule has 2 atom stereocenters. The van der Waals surface area contributed by atoms with Crippen LogP contribution < -0.4 is 10.1 Å². The van der Waals surface area contributed by atoms with Gasteiger partial charge in [-0.1, -0.05) is 11.6 Å². The number of benzene rings is 1. The number of halogens is 2. The Kier molecular flexibility index (Phi) is 5.49. The molecule has 1 amide bonds. The quantitative estimate of drug-likeness (QED) is 0.676. The van der Waals surface area contributed by atoms with Gasteiger partial charge in [0.05, 0.1) is 22.3 Å². The molecule has 10 heteroatoms. The minimum absolute atomic E-state index is 0.0716. The van der Waals surface area contributed by atoms with Gasteiger partial charge in [-0.2, -0.15) is 14.6 Å². The average molecular weight is 472 g/mol. The number of hydrogen-bond donors (Lipinski definition) is 1. The average Bonchev–Trinajstić information content (AvgIpc) is 3.48. The lowest BCUT2D eigenvalue weighted by Gasteiger charge is -2.37. The molecular formula is C23H23ClFN5O3. The number of rotatable bonds is 5. The molecule has 5 rings (SSSR count). The van der Waals surface area contributed by atoms with E-state index in [0.717, 1.165) is 25.7 Å². The molecule has 0 spiro atoms. The summed E-state index contributed by atoms with van der Waals surface area (Å²) in [5.74, 6) is -0.761. The van der Waals surface area contributed by atoms with Crippen LogP contribution in [0.5, 0.6) is 5.88 Å². The number of amides is 1. The Morgan fingerprint density at radius 1 is 1.30 bits per heavy atom. The van der Waals surface area contributed by atoms with Crippen LogP contribution in [0.3, 0.4) is 0 Å². The van der Waals surface area contributed by atoms with Crippen LogP contribution in [0.25, 0.3) is 0 Å². The molecule has 1 aromatic heterocycles. The Morgan fingerprint density at radius 3 is 2.67 bits per heavy atom. The van der Waals surface area contributed by atoms with E-state index in [1.54, 1.807) is 17.0 Å². The summed E-state index contributed by atoms with van der Waals surface area (Å²) < 4.78 is 26.8. The Bertz CT molecular complexity index is 1120. The molecule has 1 aliphatic heterocycles. The highest BCUT2D eigenvalue weighted by atomic mass is 35.5. The molecule has 2 saturated carbocycles. The fourth-order valence-corrected chi connectivity index (χ4v) is 4.76. The lowest BCUT2D eigenvalue weighted by atomic mass is 9.95. The number of nitrogens with one attached hydrogen (secondary N) is 1. The maximum absolute atomic E-state index is 15.2. The number of likely N-dealkylation sites (tertiary alicyclic amines) is 1. The van der Waals surface area contributed by atoms with E-state index in [1.807, 2.05) is 13.0 Å². The van der Waals surface area contributed by atoms with Gasteiger partial charge in [-0.3, -0.25) is 0 Å². The number of piperidine rings is 1. The molecule has 33 heavy (non-hydrogen) atoms. The monoisotopic (exact) mass is 471 g/mol. The molecule has 3 aliphatic rings. The number of hydrogen-bond acceptors (Lipinski definition) is 7. The highest BCUT2D eigenvalue weighted by molar-refractivity contribution is 6.33. The van der Waals surface area contributed by atoms with Crippen LogP contribution in [0.15, 0.2) is 24.5 Å². The zero-order chi connectivity index (χ0) is 23.2. The van der Waals surface area contributed by atoms with Crippen LogP contribution in [0.4, 0.5) is 20.7 Å². The first-order chi connectivity index (χ1) is 15.8. The van der Waals surface area contributed by atoms with Crippen LogP contribution >= 0.6 is 11.6 Å². The summed E-state index contributed by atoms with van der Waals surface area (Å²) in [6.07, 6.45) is 4.32. The molecule has 172 valence electrons. The maximum atomic E-state index is 15.2. The third-order valence-corrected chi connectivity index (χ3v) is 6.96. The zero-order valence-electron chi connectivity index (χ0n) is 18.1. The van der Waals surface area contributed by atoms with Crippen molar-refractivity contribution < 1.29 is 18.7 Å². The molecule has 2 bridgehead atoms. The van der Waals surface area contributed by atoms with Gasteiger partial charge in [0.1, 0.15) is 18.0 Å². The van der Waals surface area contributed by atoms with E-state index < -0.39 is 5.82 Å². The minimum atomic E-state index is -0.721. The van der Waals surface area contributed by atoms with Gasteiger partial charge in [-0.05, 0) is 50.8 Å². The molecule has 2 aliphatic carbocycles. The zero-order valence-corrected chi connectivity index (χ0v) is 18.8. The Labute approximate surface area is 195 Å². The Morgan fingerprint density at radius 2 is 2.03 bits per heavy atom. The number of ether oxygens (including phenoxy) is 2. The van der Waals surface area contributed by atoms with Gasteiger partial charge in [-0.25, -0.2) is 9.78 Å². The van der Waals surface area contributed by atoms with E-state index in [4.69, 9.17) is 26.3 Å². The van der Waals surface area contributed by atoms with Crippen molar-refractivity contribution >= 4 is 29.2 Å². The van der Waals surface area contributed by atoms with Crippen molar-refractivity contribution in [3.63, 3.8) is 0 Å². The van der Waals surface area contributed by atoms with E-state index in [-0.39, 0.29) is 46.4 Å². The molecule has 8 nitrogen and oxygen atoms in total. The lowest BCUT2D eigenvalue weighted by molar-refractivity contribution is 0.00712. The van der Waals surface area contributed by atoms with Crippen LogP contribution in [0.2, 0.25) is 5.02 Å². The van der Waals surface area contributed by atoms with Gasteiger partial charge in [0, 0.05) is 24.9 Å². The summed E-state index contributed by atoms with van der Waals surface area (Å²) in [5.41, 5.74) is 0.500. The number of fused-ring (bicyclic) bond motifs is 2. The fraction of sp³-hybridized carbons (Fsp3) is 0.478. The van der Waals surface area contributed by atoms with Crippen molar-refractivity contribution in [3.8, 4) is 11.9 Å². The highest BCUT2D eigenvalue weighted by Gasteiger charge is 2.48. The van der Waals surface area contributed by atoms with Gasteiger partial charge in [0.25, 0.3) is 5.88 Å². The summed E-state index contributed by atoms with van der Waals surface area (Å²) in [5, 5.41) is 12.1. The van der Waals surface area contributed by atoms with E-state index in [9.17, 15) is 4.79 Å². The number of anilines is 2. The largest absolute Gasteiger partial charge is 0.471 e. The van der Waals surface area contributed by atoms with Crippen molar-refractivity contribution in [2.45, 2.75) is 44.3 Å². The van der Waals surface area contributed by atoms with E-state index in [1.165, 1.54) is 12.4 Å². The van der Waals surface area contributed by atoms with Gasteiger partial charge >= 0.3 is 6.09 Å². The predicted octanol–water partition coefficient (Wildman–Crippen LogP) is 4.66. The first kappa shape index (κ1) is 21.7. The second-order valence-electron chi connectivity index (χ2n) is 9.18. The van der Waals surface area contributed by atoms with Crippen molar-refractivity contribution in [1.82, 2.24) is 14.9 Å². The second kappa shape index (κ2) is 8.34. The third kappa shape index (κ3) is 4.40. The van der Waals surface area contributed by atoms with E-state index >= 15 is 4.39 Å². The van der Waals surface area contributed by atoms with E-state index in [0.29, 0.717) is 24.3 Å². The van der Waals surface area contributed by atoms with Crippen molar-refractivity contribution in [1.29, 1.82) is 5.26 Å². The fourth-order valence-electron chi connectivity index (χ4n) is 4.53. The summed E-state index contributed by atoms with van der Waals surface area (Å²) in [4.78, 5) is 22.2. The molecule has 1 saturated heterocycles. The second-order valence-corrected chi connectivity index (χ2v) is 9.58. The molecule has 2 heterocycles. The normalized spacial score (nSPS) is 24.7. The third-order valence-electron chi connectivity index (χ3n) is 6.65. The lowest BCUT2D eigenvalue weighted by Crippen LogP contribution is -2.50. The number of nitriles is 1. The summed E-state index contributed by atoms with van der Waals surface area (Å²) in [6.45, 7) is 2.99. The highest BCUT2D eigenvalue weighted by Crippen LogP contribution is 2.42. The van der Waals surface area contributed by atoms with Gasteiger partial charge in [0.15, 0.2) is 5.82 Å². The topological polar surface area (TPSA) is 100 Å². The van der Waals surface area contributed by atoms with Crippen LogP contribution in [-0.2, 0) is 4.74 Å². The molecule has 1 aromatic carbocycles. The summed E-state index contributed by atoms with van der Waals surface area (Å²) in [7, 11) is 0. The molecule has 1 N–H and O–H groups in total. The van der Waals surface area contributed by atoms with Crippen LogP contribution in [-0.4, -0.2) is 45.8 Å². The molecule has 2 aromatic rings. The van der Waals surface area contributed by atoms with Gasteiger partial charge in [0.2, 0.25) is 5.82 Å². The first-order valence-electron chi connectivity index (χ1n) is 11.0. The molecule has 2 unspecified atom stereocenters. The number of carbonyl (C=O) groups excluding carboxylic acids is 1. The minimum Gasteiger partial charge on any atom is -0.471 e. The van der Waals surface area contributed by atoms with E-state index in [2.05, 4.69) is 15.3 Å². The number of nitrogens with zero attached hydrogens (tertiary/aromatic N) is 4. The van der Waals surface area contributed by atoms with Crippen LogP contribution in [0.1, 0.15) is 38.2 Å². The SMILES string of the molecule is CC1(OC(=O)N2CC3CCC(C2)C3Oc2ncnc(Nc3ccc(C#N)cc3Cl)c2F)CC1. The van der Waals surface area contributed by atoms with Crippen molar-refractivity contribution in [2.24, 2.45) is 11.8 Å². The summed E-state index contributed by atoms with van der Waals surface area (Å²) in [6, 6.07) is 6.64. The predicted molar refractivity (Wildman–Crippen MR) is 118 cm³/mol. The Hall–Kier alpha value is -3.12. The first-order valence-corrected chi connectivity index (χ1v) is 11.3. The Balaban J connectivity index is 1.28. The number of aromatic nitrogens is 2.